The predicted molar refractivity (Wildman–Crippen MR) is 53.8 cm³/mol. The fraction of sp³-hybridized carbons (Fsp3) is 0.455. The Balaban J connectivity index is 0. The molecule has 0 heterocycles. The molecule has 0 spiro atoms. The average molecular weight is 170 g/mol. The molecule has 0 nitrogen and oxygen atoms in total. The first-order valence-electron chi connectivity index (χ1n) is 4.51. The van der Waals surface area contributed by atoms with Gasteiger partial charge < -0.3 is 0 Å². The summed E-state index contributed by atoms with van der Waals surface area (Å²) in [7, 11) is 0. The maximum absolute atomic E-state index is 12.1. The zero-order valence-corrected chi connectivity index (χ0v) is 8.69. The first-order valence-corrected chi connectivity index (χ1v) is 4.51. The molecule has 1 aromatic carbocycles. The van der Waals surface area contributed by atoms with Crippen molar-refractivity contribution in [2.24, 2.45) is 0 Å². The summed E-state index contributed by atoms with van der Waals surface area (Å²) in [5.41, 5.74) is 1.09. The van der Waals surface area contributed by atoms with E-state index in [2.05, 4.69) is 0 Å². The molecule has 0 fully saturated rings. The fourth-order valence-electron chi connectivity index (χ4n) is 0.533. The Kier molecular flexibility index (Phi) is 11.6. The largest absolute Gasteiger partial charge is 0.207 e. The standard InChI is InChI=1S/C7H7F.2C2H6/c1-6-2-4-7(8)5-3-6;2*1-2/h2-5H,1H3;2*1-2H3. The quantitative estimate of drug-likeness (QED) is 0.547. The molecular formula is C11H19F. The highest BCUT2D eigenvalue weighted by molar-refractivity contribution is 5.13. The maximum atomic E-state index is 12.1. The van der Waals surface area contributed by atoms with Crippen molar-refractivity contribution in [3.63, 3.8) is 0 Å². The van der Waals surface area contributed by atoms with Crippen molar-refractivity contribution in [1.82, 2.24) is 0 Å². The zero-order valence-electron chi connectivity index (χ0n) is 8.69. The third-order valence-electron chi connectivity index (χ3n) is 1.01. The van der Waals surface area contributed by atoms with Gasteiger partial charge in [0.25, 0.3) is 0 Å². The predicted octanol–water partition coefficient (Wildman–Crippen LogP) is 4.19. The van der Waals surface area contributed by atoms with Gasteiger partial charge in [0, 0.05) is 0 Å². The Hall–Kier alpha value is -0.850. The minimum absolute atomic E-state index is 0.171. The second kappa shape index (κ2) is 10.2. The van der Waals surface area contributed by atoms with Crippen LogP contribution in [0.5, 0.6) is 0 Å². The van der Waals surface area contributed by atoms with Crippen molar-refractivity contribution in [1.29, 1.82) is 0 Å². The summed E-state index contributed by atoms with van der Waals surface area (Å²) in [5, 5.41) is 0. The lowest BCUT2D eigenvalue weighted by molar-refractivity contribution is 0.627. The van der Waals surface area contributed by atoms with Crippen LogP contribution in [0.3, 0.4) is 0 Å². The van der Waals surface area contributed by atoms with E-state index in [0.29, 0.717) is 0 Å². The Bertz CT molecular complexity index is 144. The van der Waals surface area contributed by atoms with Crippen LogP contribution in [-0.4, -0.2) is 0 Å². The molecule has 0 aliphatic heterocycles. The summed E-state index contributed by atoms with van der Waals surface area (Å²) in [4.78, 5) is 0. The number of benzene rings is 1. The van der Waals surface area contributed by atoms with Crippen molar-refractivity contribution < 1.29 is 4.39 Å². The van der Waals surface area contributed by atoms with E-state index < -0.39 is 0 Å². The molecule has 0 N–H and O–H groups in total. The second-order valence-corrected chi connectivity index (χ2v) is 1.80. The van der Waals surface area contributed by atoms with Gasteiger partial charge in [-0.1, -0.05) is 45.4 Å². The number of hydrogen-bond acceptors (Lipinski definition) is 0. The van der Waals surface area contributed by atoms with Crippen LogP contribution in [0.15, 0.2) is 24.3 Å². The Labute approximate surface area is 75.4 Å². The van der Waals surface area contributed by atoms with E-state index in [9.17, 15) is 4.39 Å². The molecule has 0 aliphatic rings. The van der Waals surface area contributed by atoms with E-state index in [1.165, 1.54) is 12.1 Å². The molecule has 0 aliphatic carbocycles. The summed E-state index contributed by atoms with van der Waals surface area (Å²) < 4.78 is 12.1. The molecular weight excluding hydrogens is 151 g/mol. The Morgan fingerprint density at radius 3 is 1.42 bits per heavy atom. The minimum atomic E-state index is -0.171. The summed E-state index contributed by atoms with van der Waals surface area (Å²) >= 11 is 0. The van der Waals surface area contributed by atoms with Crippen LogP contribution in [0.2, 0.25) is 0 Å². The lowest BCUT2D eigenvalue weighted by Gasteiger charge is -1.87. The molecule has 0 aromatic heterocycles. The normalized spacial score (nSPS) is 7.17. The third-order valence-corrected chi connectivity index (χ3v) is 1.01. The topological polar surface area (TPSA) is 0 Å². The monoisotopic (exact) mass is 170 g/mol. The highest BCUT2D eigenvalue weighted by Crippen LogP contribution is 1.98. The van der Waals surface area contributed by atoms with E-state index in [-0.39, 0.29) is 5.82 Å². The van der Waals surface area contributed by atoms with Gasteiger partial charge in [0.2, 0.25) is 0 Å². The van der Waals surface area contributed by atoms with Crippen LogP contribution in [0.1, 0.15) is 33.3 Å². The van der Waals surface area contributed by atoms with E-state index in [1.54, 1.807) is 12.1 Å². The number of aryl methyl sites for hydroxylation is 1. The fourth-order valence-corrected chi connectivity index (χ4v) is 0.533. The van der Waals surface area contributed by atoms with E-state index in [0.717, 1.165) is 5.56 Å². The molecule has 0 amide bonds. The molecule has 70 valence electrons. The molecule has 12 heavy (non-hydrogen) atoms. The maximum Gasteiger partial charge on any atom is 0.123 e. The van der Waals surface area contributed by atoms with E-state index >= 15 is 0 Å². The van der Waals surface area contributed by atoms with Gasteiger partial charge in [-0.05, 0) is 19.1 Å². The van der Waals surface area contributed by atoms with Crippen LogP contribution in [0.25, 0.3) is 0 Å². The summed E-state index contributed by atoms with van der Waals surface area (Å²) in [6.45, 7) is 9.93. The van der Waals surface area contributed by atoms with Crippen LogP contribution in [0, 0.1) is 12.7 Å². The molecule has 0 bridgehead atoms. The zero-order chi connectivity index (χ0) is 9.98. The highest BCUT2D eigenvalue weighted by atomic mass is 19.1. The number of hydrogen-bond donors (Lipinski definition) is 0. The Morgan fingerprint density at radius 2 is 1.17 bits per heavy atom. The Morgan fingerprint density at radius 1 is 0.833 bits per heavy atom. The van der Waals surface area contributed by atoms with E-state index in [4.69, 9.17) is 0 Å². The molecule has 1 rings (SSSR count). The molecule has 0 unspecified atom stereocenters. The van der Waals surface area contributed by atoms with E-state index in [1.807, 2.05) is 34.6 Å². The number of halogens is 1. The van der Waals surface area contributed by atoms with Gasteiger partial charge in [-0.3, -0.25) is 0 Å². The van der Waals surface area contributed by atoms with Crippen LogP contribution in [-0.2, 0) is 0 Å². The van der Waals surface area contributed by atoms with Gasteiger partial charge >= 0.3 is 0 Å². The molecule has 0 radical (unpaired) electrons. The third kappa shape index (κ3) is 7.26. The molecule has 0 atom stereocenters. The SMILES string of the molecule is CC.CC.Cc1ccc(F)cc1. The van der Waals surface area contributed by atoms with Gasteiger partial charge in [-0.25, -0.2) is 4.39 Å². The first-order chi connectivity index (χ1) is 5.79. The molecule has 1 heteroatoms. The number of rotatable bonds is 0. The van der Waals surface area contributed by atoms with Gasteiger partial charge in [0.1, 0.15) is 5.82 Å². The second-order valence-electron chi connectivity index (χ2n) is 1.80. The average Bonchev–Trinajstić information content (AvgIpc) is 2.17. The summed E-state index contributed by atoms with van der Waals surface area (Å²) in [6.07, 6.45) is 0. The van der Waals surface area contributed by atoms with Crippen LogP contribution < -0.4 is 0 Å². The minimum Gasteiger partial charge on any atom is -0.207 e. The van der Waals surface area contributed by atoms with Gasteiger partial charge in [-0.2, -0.15) is 0 Å². The highest BCUT2D eigenvalue weighted by Gasteiger charge is 1.83. The van der Waals surface area contributed by atoms with Crippen molar-refractivity contribution in [2.45, 2.75) is 34.6 Å². The smallest absolute Gasteiger partial charge is 0.123 e. The lowest BCUT2D eigenvalue weighted by Crippen LogP contribution is -1.71. The van der Waals surface area contributed by atoms with Crippen molar-refractivity contribution in [3.05, 3.63) is 35.6 Å². The molecule has 1 aromatic rings. The van der Waals surface area contributed by atoms with Crippen molar-refractivity contribution in [2.75, 3.05) is 0 Å². The summed E-state index contributed by atoms with van der Waals surface area (Å²) in [6, 6.07) is 6.40. The van der Waals surface area contributed by atoms with Gasteiger partial charge in [0.05, 0.1) is 0 Å². The van der Waals surface area contributed by atoms with Gasteiger partial charge in [0.15, 0.2) is 0 Å². The first kappa shape index (κ1) is 13.7. The summed E-state index contributed by atoms with van der Waals surface area (Å²) in [5.74, 6) is -0.171. The van der Waals surface area contributed by atoms with Crippen LogP contribution in [0.4, 0.5) is 4.39 Å². The van der Waals surface area contributed by atoms with Gasteiger partial charge in [-0.15, -0.1) is 0 Å². The molecule has 0 saturated carbocycles. The van der Waals surface area contributed by atoms with Crippen LogP contribution >= 0.6 is 0 Å². The lowest BCUT2D eigenvalue weighted by atomic mass is 10.2. The molecule has 0 saturated heterocycles. The van der Waals surface area contributed by atoms with Crippen molar-refractivity contribution in [3.8, 4) is 0 Å². The van der Waals surface area contributed by atoms with Crippen molar-refractivity contribution >= 4 is 0 Å².